The van der Waals surface area contributed by atoms with Crippen molar-refractivity contribution in [3.05, 3.63) is 29.8 Å². The van der Waals surface area contributed by atoms with E-state index >= 15 is 0 Å². The highest BCUT2D eigenvalue weighted by atomic mass is 16.6. The van der Waals surface area contributed by atoms with Crippen LogP contribution in [0, 0.1) is 6.92 Å². The minimum Gasteiger partial charge on any atom is -0.410 e. The number of aliphatic hydroxyl groups excluding tert-OH is 1. The van der Waals surface area contributed by atoms with Crippen LogP contribution >= 0.6 is 0 Å². The lowest BCUT2D eigenvalue weighted by molar-refractivity contribution is -0.162. The third-order valence-electron chi connectivity index (χ3n) is 5.28. The van der Waals surface area contributed by atoms with Crippen molar-refractivity contribution in [1.82, 2.24) is 14.7 Å². The van der Waals surface area contributed by atoms with Crippen molar-refractivity contribution >= 4 is 17.9 Å². The Bertz CT molecular complexity index is 750. The fraction of sp³-hybridized carbons (Fsp3) is 0.500. The van der Waals surface area contributed by atoms with Crippen molar-refractivity contribution in [2.24, 2.45) is 0 Å². The molecule has 8 heteroatoms. The predicted molar refractivity (Wildman–Crippen MR) is 90.4 cm³/mol. The van der Waals surface area contributed by atoms with E-state index in [4.69, 9.17) is 4.74 Å². The predicted octanol–water partition coefficient (Wildman–Crippen LogP) is -0.0180. The standard InChI is InChI=1S/C18H21N3O5/c1-11-2-4-13(5-3-11)26-18(25)19-6-7-20-15(10-19)17(24)21-9-12(22)8-14(21)16(20)23/h2-5,12,14-15,22H,6-10H2,1H3/t12-,14+,15-/m1/s1. The van der Waals surface area contributed by atoms with Crippen LogP contribution in [0.15, 0.2) is 24.3 Å². The van der Waals surface area contributed by atoms with Gasteiger partial charge in [-0.1, -0.05) is 17.7 Å². The number of hydrogen-bond donors (Lipinski definition) is 1. The number of carbonyl (C=O) groups excluding carboxylic acids is 3. The van der Waals surface area contributed by atoms with Gasteiger partial charge in [0.2, 0.25) is 11.8 Å². The quantitative estimate of drug-likeness (QED) is 0.761. The molecule has 0 spiro atoms. The fourth-order valence-corrected chi connectivity index (χ4v) is 3.87. The Morgan fingerprint density at radius 3 is 2.46 bits per heavy atom. The van der Waals surface area contributed by atoms with Crippen LogP contribution < -0.4 is 4.74 Å². The van der Waals surface area contributed by atoms with Gasteiger partial charge in [0.15, 0.2) is 0 Å². The number of ether oxygens (including phenoxy) is 1. The van der Waals surface area contributed by atoms with Crippen LogP contribution in [0.4, 0.5) is 4.79 Å². The van der Waals surface area contributed by atoms with Gasteiger partial charge in [0.1, 0.15) is 17.8 Å². The zero-order chi connectivity index (χ0) is 18.4. The van der Waals surface area contributed by atoms with E-state index in [1.165, 1.54) is 14.7 Å². The summed E-state index contributed by atoms with van der Waals surface area (Å²) < 4.78 is 5.37. The Kier molecular flexibility index (Phi) is 4.07. The minimum atomic E-state index is -0.705. The molecule has 26 heavy (non-hydrogen) atoms. The number of rotatable bonds is 1. The third-order valence-corrected chi connectivity index (χ3v) is 5.28. The number of carbonyl (C=O) groups is 3. The van der Waals surface area contributed by atoms with Crippen molar-refractivity contribution in [2.45, 2.75) is 31.5 Å². The summed E-state index contributed by atoms with van der Waals surface area (Å²) in [6.07, 6.45) is -0.915. The summed E-state index contributed by atoms with van der Waals surface area (Å²) in [5, 5.41) is 9.80. The Labute approximate surface area is 150 Å². The van der Waals surface area contributed by atoms with E-state index in [0.29, 0.717) is 18.8 Å². The van der Waals surface area contributed by atoms with Crippen LogP contribution in [0.3, 0.4) is 0 Å². The molecule has 138 valence electrons. The van der Waals surface area contributed by atoms with E-state index < -0.39 is 24.3 Å². The SMILES string of the molecule is Cc1ccc(OC(=O)N2CCN3C(=O)[C@@H]4C[C@@H](O)CN4C(=O)[C@H]3C2)cc1. The lowest BCUT2D eigenvalue weighted by atomic mass is 10.0. The normalized spacial score (nSPS) is 28.1. The van der Waals surface area contributed by atoms with E-state index in [2.05, 4.69) is 0 Å². The summed E-state index contributed by atoms with van der Waals surface area (Å²) in [4.78, 5) is 42.2. The number of benzene rings is 1. The van der Waals surface area contributed by atoms with Gasteiger partial charge in [-0.05, 0) is 19.1 Å². The van der Waals surface area contributed by atoms with E-state index in [-0.39, 0.29) is 31.3 Å². The second-order valence-electron chi connectivity index (χ2n) is 7.07. The van der Waals surface area contributed by atoms with Crippen LogP contribution in [0.5, 0.6) is 5.75 Å². The number of piperazine rings is 2. The maximum Gasteiger partial charge on any atom is 0.415 e. The Hall–Kier alpha value is -2.61. The van der Waals surface area contributed by atoms with E-state index in [0.717, 1.165) is 5.56 Å². The van der Waals surface area contributed by atoms with Crippen LogP contribution in [-0.4, -0.2) is 82.1 Å². The first-order valence-corrected chi connectivity index (χ1v) is 8.76. The van der Waals surface area contributed by atoms with Crippen molar-refractivity contribution in [3.8, 4) is 5.75 Å². The van der Waals surface area contributed by atoms with E-state index in [9.17, 15) is 19.5 Å². The maximum atomic E-state index is 12.7. The molecule has 0 saturated carbocycles. The summed E-state index contributed by atoms with van der Waals surface area (Å²) in [5.74, 6) is 0.0912. The number of nitrogens with zero attached hydrogens (tertiary/aromatic N) is 3. The molecule has 3 amide bonds. The van der Waals surface area contributed by atoms with Crippen molar-refractivity contribution < 1.29 is 24.2 Å². The number of hydrogen-bond acceptors (Lipinski definition) is 5. The smallest absolute Gasteiger partial charge is 0.410 e. The summed E-state index contributed by atoms with van der Waals surface area (Å²) >= 11 is 0. The molecular formula is C18H21N3O5. The average Bonchev–Trinajstić information content (AvgIpc) is 3.03. The van der Waals surface area contributed by atoms with Gasteiger partial charge >= 0.3 is 6.09 Å². The number of aryl methyl sites for hydroxylation is 1. The fourth-order valence-electron chi connectivity index (χ4n) is 3.87. The molecule has 0 aliphatic carbocycles. The number of amides is 3. The molecule has 8 nitrogen and oxygen atoms in total. The second-order valence-corrected chi connectivity index (χ2v) is 7.07. The van der Waals surface area contributed by atoms with E-state index in [1.54, 1.807) is 12.1 Å². The molecule has 1 aromatic rings. The Morgan fingerprint density at radius 1 is 1.04 bits per heavy atom. The Balaban J connectivity index is 1.46. The first-order chi connectivity index (χ1) is 12.4. The largest absolute Gasteiger partial charge is 0.415 e. The van der Waals surface area contributed by atoms with Gasteiger partial charge in [0.05, 0.1) is 12.6 Å². The third kappa shape index (κ3) is 2.80. The molecule has 3 fully saturated rings. The summed E-state index contributed by atoms with van der Waals surface area (Å²) in [5.41, 5.74) is 1.06. The van der Waals surface area contributed by atoms with Gasteiger partial charge in [-0.3, -0.25) is 9.59 Å². The second kappa shape index (κ2) is 6.28. The van der Waals surface area contributed by atoms with Crippen LogP contribution in [0.1, 0.15) is 12.0 Å². The first-order valence-electron chi connectivity index (χ1n) is 8.76. The monoisotopic (exact) mass is 359 g/mol. The van der Waals surface area contributed by atoms with Crippen LogP contribution in [0.25, 0.3) is 0 Å². The molecule has 3 saturated heterocycles. The molecule has 0 aromatic heterocycles. The average molecular weight is 359 g/mol. The lowest BCUT2D eigenvalue weighted by Crippen LogP contribution is -2.69. The van der Waals surface area contributed by atoms with Gasteiger partial charge in [0, 0.05) is 26.1 Å². The lowest BCUT2D eigenvalue weighted by Gasteiger charge is -2.46. The van der Waals surface area contributed by atoms with Gasteiger partial charge in [0.25, 0.3) is 0 Å². The topological polar surface area (TPSA) is 90.4 Å². The van der Waals surface area contributed by atoms with Crippen molar-refractivity contribution in [3.63, 3.8) is 0 Å². The van der Waals surface area contributed by atoms with Gasteiger partial charge in [-0.15, -0.1) is 0 Å². The van der Waals surface area contributed by atoms with Crippen molar-refractivity contribution in [1.29, 1.82) is 0 Å². The molecule has 0 radical (unpaired) electrons. The van der Waals surface area contributed by atoms with Gasteiger partial charge in [-0.2, -0.15) is 0 Å². The van der Waals surface area contributed by atoms with E-state index in [1.807, 2.05) is 19.1 Å². The molecule has 0 unspecified atom stereocenters. The summed E-state index contributed by atoms with van der Waals surface area (Å²) in [6.45, 7) is 2.83. The van der Waals surface area contributed by atoms with Crippen molar-refractivity contribution in [2.75, 3.05) is 26.2 Å². The highest BCUT2D eigenvalue weighted by Crippen LogP contribution is 2.29. The summed E-state index contributed by atoms with van der Waals surface area (Å²) in [7, 11) is 0. The highest BCUT2D eigenvalue weighted by Gasteiger charge is 2.52. The molecule has 4 rings (SSSR count). The number of fused-ring (bicyclic) bond motifs is 2. The highest BCUT2D eigenvalue weighted by molar-refractivity contribution is 5.98. The Morgan fingerprint density at radius 2 is 1.73 bits per heavy atom. The zero-order valence-electron chi connectivity index (χ0n) is 14.5. The van der Waals surface area contributed by atoms with Gasteiger partial charge < -0.3 is 24.5 Å². The molecule has 3 atom stereocenters. The number of aliphatic hydroxyl groups is 1. The molecule has 1 aromatic carbocycles. The molecule has 3 aliphatic rings. The first kappa shape index (κ1) is 16.8. The molecule has 3 aliphatic heterocycles. The van der Waals surface area contributed by atoms with Gasteiger partial charge in [-0.25, -0.2) is 4.79 Å². The molecular weight excluding hydrogens is 338 g/mol. The van der Waals surface area contributed by atoms with Crippen LogP contribution in [-0.2, 0) is 9.59 Å². The molecule has 0 bridgehead atoms. The summed E-state index contributed by atoms with van der Waals surface area (Å²) in [6, 6.07) is 5.86. The minimum absolute atomic E-state index is 0.106. The maximum absolute atomic E-state index is 12.7. The molecule has 3 heterocycles. The molecule has 1 N–H and O–H groups in total. The van der Waals surface area contributed by atoms with Crippen LogP contribution in [0.2, 0.25) is 0 Å². The zero-order valence-corrected chi connectivity index (χ0v) is 14.5.